The monoisotopic (exact) mass is 459 g/mol. The minimum absolute atomic E-state index is 0.928. The van der Waals surface area contributed by atoms with Gasteiger partial charge in [-0.1, -0.05) is 63.1 Å². The van der Waals surface area contributed by atoms with Gasteiger partial charge in [0.1, 0.15) is 0 Å². The molecule has 1 heterocycles. The highest BCUT2D eigenvalue weighted by Crippen LogP contribution is 2.62. The van der Waals surface area contributed by atoms with Crippen molar-refractivity contribution in [3.8, 4) is 0 Å². The molecule has 174 valence electrons. The molecular weight excluding hydrogens is 421 g/mol. The van der Waals surface area contributed by atoms with Crippen LogP contribution in [0.3, 0.4) is 0 Å². The van der Waals surface area contributed by atoms with Crippen LogP contribution in [0.5, 0.6) is 0 Å². The van der Waals surface area contributed by atoms with Crippen molar-refractivity contribution in [2.75, 3.05) is 18.0 Å². The van der Waals surface area contributed by atoms with E-state index in [1.807, 2.05) is 18.2 Å². The van der Waals surface area contributed by atoms with E-state index in [1.165, 1.54) is 32.9 Å². The fraction of sp³-hybridized carbons (Fsp3) is 0.400. The van der Waals surface area contributed by atoms with Gasteiger partial charge in [0.15, 0.2) is 7.14 Å². The van der Waals surface area contributed by atoms with Gasteiger partial charge in [0, 0.05) is 34.7 Å². The summed E-state index contributed by atoms with van der Waals surface area (Å²) >= 11 is 0. The van der Waals surface area contributed by atoms with Crippen molar-refractivity contribution in [3.63, 3.8) is 0 Å². The molecule has 0 spiro atoms. The van der Waals surface area contributed by atoms with E-state index in [-0.39, 0.29) is 0 Å². The highest BCUT2D eigenvalue weighted by Gasteiger charge is 2.41. The normalized spacial score (nSPS) is 17.6. The number of unbranched alkanes of at least 4 members (excludes halogenated alkanes) is 2. The van der Waals surface area contributed by atoms with Gasteiger partial charge in [-0.25, -0.2) is 0 Å². The van der Waals surface area contributed by atoms with Crippen molar-refractivity contribution in [2.24, 2.45) is 0 Å². The van der Waals surface area contributed by atoms with E-state index in [4.69, 9.17) is 0 Å². The largest absolute Gasteiger partial charge is 0.372 e. The maximum Gasteiger partial charge on any atom is 0.168 e. The molecule has 2 nitrogen and oxygen atoms in total. The molecule has 4 rings (SSSR count). The van der Waals surface area contributed by atoms with Crippen LogP contribution in [0.1, 0.15) is 71.8 Å². The van der Waals surface area contributed by atoms with Crippen LogP contribution in [0.15, 0.2) is 66.0 Å². The minimum Gasteiger partial charge on any atom is -0.372 e. The molecule has 1 unspecified atom stereocenters. The summed E-state index contributed by atoms with van der Waals surface area (Å²) in [5, 5.41) is 5.72. The molecule has 3 heteroatoms. The summed E-state index contributed by atoms with van der Waals surface area (Å²) in [5.41, 5.74) is 3.84. The summed E-state index contributed by atoms with van der Waals surface area (Å²) in [6.45, 7) is 10.8. The summed E-state index contributed by atoms with van der Waals surface area (Å²) in [6, 6.07) is 21.6. The number of hydrogen-bond acceptors (Lipinski definition) is 2. The molecule has 1 aliphatic rings. The number of hydrogen-bond donors (Lipinski definition) is 0. The van der Waals surface area contributed by atoms with Crippen LogP contribution in [0, 0.1) is 0 Å². The third-order valence-electron chi connectivity index (χ3n) is 7.13. The summed E-state index contributed by atoms with van der Waals surface area (Å²) in [5.74, 6) is 0. The van der Waals surface area contributed by atoms with Crippen molar-refractivity contribution >= 4 is 39.8 Å². The van der Waals surface area contributed by atoms with Crippen LogP contribution in [0.4, 0.5) is 5.69 Å². The van der Waals surface area contributed by atoms with Crippen LogP contribution < -0.4 is 15.5 Å². The first kappa shape index (κ1) is 23.8. The van der Waals surface area contributed by atoms with E-state index in [2.05, 4.69) is 75.1 Å². The lowest BCUT2D eigenvalue weighted by Crippen LogP contribution is -2.21. The topological polar surface area (TPSA) is 20.3 Å². The molecule has 3 aromatic rings. The fourth-order valence-corrected chi connectivity index (χ4v) is 8.69. The molecule has 1 aliphatic heterocycles. The maximum absolute atomic E-state index is 15.2. The Kier molecular flexibility index (Phi) is 7.45. The molecule has 0 saturated heterocycles. The standard InChI is InChI=1S/C30H38NOP/c1-5-9-16-27-28-21-23-18-19-25(31(7-3)8-4)20-24(23)22-30(28)33(32,29(27)17-10-6-2)26-14-12-11-13-15-26/h11-15,18-22H,5-10,16-17H2,1-4H3. The van der Waals surface area contributed by atoms with Gasteiger partial charge in [0.25, 0.3) is 0 Å². The summed E-state index contributed by atoms with van der Waals surface area (Å²) < 4.78 is 15.2. The van der Waals surface area contributed by atoms with Crippen molar-refractivity contribution in [1.29, 1.82) is 0 Å². The second-order valence-corrected chi connectivity index (χ2v) is 11.9. The Bertz CT molecular complexity index is 1190. The van der Waals surface area contributed by atoms with Gasteiger partial charge in [0.05, 0.1) is 0 Å². The van der Waals surface area contributed by atoms with Crippen LogP contribution in [-0.4, -0.2) is 13.1 Å². The van der Waals surface area contributed by atoms with E-state index >= 15 is 4.57 Å². The highest BCUT2D eigenvalue weighted by molar-refractivity contribution is 7.83. The van der Waals surface area contributed by atoms with Gasteiger partial charge in [0.2, 0.25) is 0 Å². The lowest BCUT2D eigenvalue weighted by Gasteiger charge is -2.22. The second kappa shape index (κ2) is 10.3. The maximum atomic E-state index is 15.2. The SMILES string of the molecule is CCCCC1=C(CCCC)P(=O)(c2ccccc2)c2cc3cc(N(CC)CC)ccc3cc21. The van der Waals surface area contributed by atoms with Crippen LogP contribution in [0.2, 0.25) is 0 Å². The zero-order valence-electron chi connectivity index (χ0n) is 20.7. The van der Waals surface area contributed by atoms with E-state index < -0.39 is 7.14 Å². The van der Waals surface area contributed by atoms with Crippen molar-refractivity contribution < 1.29 is 4.57 Å². The van der Waals surface area contributed by atoms with Gasteiger partial charge in [-0.15, -0.1) is 0 Å². The van der Waals surface area contributed by atoms with Gasteiger partial charge in [-0.05, 0) is 85.7 Å². The smallest absolute Gasteiger partial charge is 0.168 e. The van der Waals surface area contributed by atoms with Crippen molar-refractivity contribution in [3.05, 3.63) is 71.5 Å². The zero-order chi connectivity index (χ0) is 23.4. The zero-order valence-corrected chi connectivity index (χ0v) is 21.6. The Balaban J connectivity index is 1.97. The molecule has 1 atom stereocenters. The van der Waals surface area contributed by atoms with E-state index in [1.54, 1.807) is 0 Å². The number of fused-ring (bicyclic) bond motifs is 2. The average molecular weight is 460 g/mol. The van der Waals surface area contributed by atoms with E-state index in [0.29, 0.717) is 0 Å². The molecule has 0 N–H and O–H groups in total. The number of nitrogens with zero attached hydrogens (tertiary/aromatic N) is 1. The Morgan fingerprint density at radius 3 is 2.12 bits per heavy atom. The molecule has 0 amide bonds. The first-order valence-corrected chi connectivity index (χ1v) is 14.5. The number of rotatable bonds is 10. The molecule has 33 heavy (non-hydrogen) atoms. The Labute approximate surface area is 200 Å². The lowest BCUT2D eigenvalue weighted by atomic mass is 9.96. The molecule has 0 bridgehead atoms. The quantitative estimate of drug-likeness (QED) is 0.285. The second-order valence-electron chi connectivity index (χ2n) is 9.15. The Morgan fingerprint density at radius 2 is 1.45 bits per heavy atom. The number of benzene rings is 3. The molecule has 0 aliphatic carbocycles. The van der Waals surface area contributed by atoms with Gasteiger partial charge >= 0.3 is 0 Å². The minimum atomic E-state index is -2.84. The molecule has 3 aromatic carbocycles. The summed E-state index contributed by atoms with van der Waals surface area (Å²) in [6.07, 6.45) is 6.43. The molecule has 0 fully saturated rings. The third kappa shape index (κ3) is 4.31. The molecular formula is C30H38NOP. The molecule has 0 radical (unpaired) electrons. The van der Waals surface area contributed by atoms with Crippen LogP contribution in [0.25, 0.3) is 16.3 Å². The lowest BCUT2D eigenvalue weighted by molar-refractivity contribution is 0.589. The van der Waals surface area contributed by atoms with Crippen LogP contribution >= 0.6 is 7.14 Å². The number of allylic oxidation sites excluding steroid dienone is 2. The predicted molar refractivity (Wildman–Crippen MR) is 147 cm³/mol. The number of anilines is 1. The molecule has 0 saturated carbocycles. The van der Waals surface area contributed by atoms with Gasteiger partial charge < -0.3 is 9.46 Å². The fourth-order valence-electron chi connectivity index (χ4n) is 5.27. The van der Waals surface area contributed by atoms with Crippen molar-refractivity contribution in [2.45, 2.75) is 66.2 Å². The van der Waals surface area contributed by atoms with Gasteiger partial charge in [-0.2, -0.15) is 0 Å². The summed E-state index contributed by atoms with van der Waals surface area (Å²) in [4.78, 5) is 2.38. The highest BCUT2D eigenvalue weighted by atomic mass is 31.2. The Hall–Kier alpha value is -2.31. The predicted octanol–water partition coefficient (Wildman–Crippen LogP) is 8.11. The van der Waals surface area contributed by atoms with E-state index in [9.17, 15) is 0 Å². The van der Waals surface area contributed by atoms with E-state index in [0.717, 1.165) is 62.2 Å². The average Bonchev–Trinajstić information content (AvgIpc) is 3.08. The van der Waals surface area contributed by atoms with Crippen LogP contribution in [-0.2, 0) is 4.57 Å². The Morgan fingerprint density at radius 1 is 0.758 bits per heavy atom. The molecule has 0 aromatic heterocycles. The first-order valence-electron chi connectivity index (χ1n) is 12.8. The van der Waals surface area contributed by atoms with Gasteiger partial charge in [-0.3, -0.25) is 0 Å². The van der Waals surface area contributed by atoms with Crippen molar-refractivity contribution in [1.82, 2.24) is 0 Å². The first-order chi connectivity index (χ1) is 16.1. The third-order valence-corrected chi connectivity index (χ3v) is 10.5. The summed E-state index contributed by atoms with van der Waals surface area (Å²) in [7, 11) is -2.84.